The van der Waals surface area contributed by atoms with E-state index in [1.165, 1.54) is 0 Å². The number of nitrogens with one attached hydrogen (secondary N) is 2. The van der Waals surface area contributed by atoms with E-state index in [1.807, 2.05) is 13.1 Å². The van der Waals surface area contributed by atoms with E-state index in [0.29, 0.717) is 0 Å². The molecule has 74 valence electrons. The lowest BCUT2D eigenvalue weighted by Crippen LogP contribution is -2.06. The standard InChI is InChI=1S/C8H12N6/c1-2-14-8(6-12-13-14)9-3-7-4-10-11-5-7/h4-6,9H,2-3H2,1H3,(H,10,11). The largest absolute Gasteiger partial charge is 0.365 e. The Labute approximate surface area is 81.3 Å². The molecule has 2 rings (SSSR count). The molecule has 0 aliphatic heterocycles. The molecule has 0 unspecified atom stereocenters. The van der Waals surface area contributed by atoms with Crippen LogP contribution < -0.4 is 5.32 Å². The lowest BCUT2D eigenvalue weighted by molar-refractivity contribution is 0.630. The summed E-state index contributed by atoms with van der Waals surface area (Å²) in [6.45, 7) is 3.56. The van der Waals surface area contributed by atoms with Gasteiger partial charge in [-0.05, 0) is 6.92 Å². The highest BCUT2D eigenvalue weighted by molar-refractivity contribution is 5.31. The molecule has 0 fully saturated rings. The van der Waals surface area contributed by atoms with Crippen LogP contribution in [0.1, 0.15) is 12.5 Å². The molecular formula is C8H12N6. The molecule has 2 aromatic heterocycles. The molecule has 0 atom stereocenters. The summed E-state index contributed by atoms with van der Waals surface area (Å²) in [4.78, 5) is 0. The van der Waals surface area contributed by atoms with Crippen molar-refractivity contribution in [1.82, 2.24) is 25.2 Å². The molecule has 0 bridgehead atoms. The number of nitrogens with zero attached hydrogens (tertiary/aromatic N) is 4. The van der Waals surface area contributed by atoms with Gasteiger partial charge in [-0.3, -0.25) is 5.10 Å². The lowest BCUT2D eigenvalue weighted by Gasteiger charge is -2.04. The van der Waals surface area contributed by atoms with Crippen LogP contribution in [-0.4, -0.2) is 25.2 Å². The van der Waals surface area contributed by atoms with Gasteiger partial charge in [0.1, 0.15) is 5.82 Å². The van der Waals surface area contributed by atoms with Gasteiger partial charge in [0.2, 0.25) is 0 Å². The first-order valence-electron chi connectivity index (χ1n) is 4.50. The Bertz CT molecular complexity index is 376. The number of H-pyrrole nitrogens is 1. The van der Waals surface area contributed by atoms with Crippen molar-refractivity contribution in [3.8, 4) is 0 Å². The van der Waals surface area contributed by atoms with E-state index < -0.39 is 0 Å². The number of rotatable bonds is 4. The van der Waals surface area contributed by atoms with Crippen LogP contribution in [0.25, 0.3) is 0 Å². The molecule has 0 aromatic carbocycles. The molecule has 6 nitrogen and oxygen atoms in total. The minimum Gasteiger partial charge on any atom is -0.365 e. The van der Waals surface area contributed by atoms with E-state index in [9.17, 15) is 0 Å². The second-order valence-electron chi connectivity index (χ2n) is 2.90. The van der Waals surface area contributed by atoms with Crippen molar-refractivity contribution in [2.75, 3.05) is 5.32 Å². The Balaban J connectivity index is 1.98. The molecule has 0 saturated carbocycles. The summed E-state index contributed by atoms with van der Waals surface area (Å²) < 4.78 is 1.81. The van der Waals surface area contributed by atoms with Crippen LogP contribution in [0.4, 0.5) is 5.82 Å². The molecule has 0 spiro atoms. The molecular weight excluding hydrogens is 180 g/mol. The zero-order valence-electron chi connectivity index (χ0n) is 7.94. The van der Waals surface area contributed by atoms with Crippen molar-refractivity contribution in [1.29, 1.82) is 0 Å². The van der Waals surface area contributed by atoms with Crippen molar-refractivity contribution < 1.29 is 0 Å². The second-order valence-corrected chi connectivity index (χ2v) is 2.90. The summed E-state index contributed by atoms with van der Waals surface area (Å²) in [5, 5.41) is 17.6. The first-order chi connectivity index (χ1) is 6.90. The maximum atomic E-state index is 3.92. The van der Waals surface area contributed by atoms with Crippen LogP contribution >= 0.6 is 0 Å². The van der Waals surface area contributed by atoms with Gasteiger partial charge in [-0.25, -0.2) is 4.68 Å². The highest BCUT2D eigenvalue weighted by atomic mass is 15.4. The maximum absolute atomic E-state index is 3.92. The minimum absolute atomic E-state index is 0.726. The molecule has 0 saturated heterocycles. The van der Waals surface area contributed by atoms with Crippen LogP contribution in [0.15, 0.2) is 18.6 Å². The van der Waals surface area contributed by atoms with Crippen LogP contribution in [0.2, 0.25) is 0 Å². The molecule has 0 radical (unpaired) electrons. The van der Waals surface area contributed by atoms with Gasteiger partial charge in [0, 0.05) is 24.8 Å². The summed E-state index contributed by atoms with van der Waals surface area (Å²) in [5.74, 6) is 0.925. The minimum atomic E-state index is 0.726. The van der Waals surface area contributed by atoms with Gasteiger partial charge in [-0.1, -0.05) is 5.21 Å². The molecule has 2 aromatic rings. The predicted octanol–water partition coefficient (Wildman–Crippen LogP) is 0.633. The van der Waals surface area contributed by atoms with E-state index >= 15 is 0 Å². The van der Waals surface area contributed by atoms with E-state index in [4.69, 9.17) is 0 Å². The molecule has 6 heteroatoms. The summed E-state index contributed by atoms with van der Waals surface area (Å²) in [6, 6.07) is 0. The fourth-order valence-electron chi connectivity index (χ4n) is 1.20. The Morgan fingerprint density at radius 3 is 3.14 bits per heavy atom. The third-order valence-electron chi connectivity index (χ3n) is 1.95. The number of hydrogen-bond donors (Lipinski definition) is 2. The topological polar surface area (TPSA) is 71.4 Å². The van der Waals surface area contributed by atoms with E-state index in [0.717, 1.165) is 24.5 Å². The van der Waals surface area contributed by atoms with Gasteiger partial charge in [0.15, 0.2) is 0 Å². The third-order valence-corrected chi connectivity index (χ3v) is 1.95. The molecule has 0 aliphatic carbocycles. The van der Waals surface area contributed by atoms with Crippen LogP contribution in [0, 0.1) is 0 Å². The highest BCUT2D eigenvalue weighted by Gasteiger charge is 2.00. The van der Waals surface area contributed by atoms with Crippen molar-refractivity contribution in [3.63, 3.8) is 0 Å². The molecule has 2 N–H and O–H groups in total. The average Bonchev–Trinajstić information content (AvgIpc) is 2.85. The summed E-state index contributed by atoms with van der Waals surface area (Å²) >= 11 is 0. The fourth-order valence-corrected chi connectivity index (χ4v) is 1.20. The van der Waals surface area contributed by atoms with Crippen molar-refractivity contribution >= 4 is 5.82 Å². The Kier molecular flexibility index (Phi) is 2.44. The number of aryl methyl sites for hydroxylation is 1. The Morgan fingerprint density at radius 2 is 2.43 bits per heavy atom. The van der Waals surface area contributed by atoms with Gasteiger partial charge in [-0.2, -0.15) is 5.10 Å². The van der Waals surface area contributed by atoms with Gasteiger partial charge >= 0.3 is 0 Å². The van der Waals surface area contributed by atoms with E-state index in [1.54, 1.807) is 17.1 Å². The number of aromatic nitrogens is 5. The Morgan fingerprint density at radius 1 is 1.50 bits per heavy atom. The number of hydrogen-bond acceptors (Lipinski definition) is 4. The van der Waals surface area contributed by atoms with E-state index in [2.05, 4.69) is 25.8 Å². The zero-order chi connectivity index (χ0) is 9.80. The quantitative estimate of drug-likeness (QED) is 0.745. The first kappa shape index (κ1) is 8.74. The van der Waals surface area contributed by atoms with Crippen molar-refractivity contribution in [3.05, 3.63) is 24.2 Å². The van der Waals surface area contributed by atoms with Crippen molar-refractivity contribution in [2.24, 2.45) is 0 Å². The monoisotopic (exact) mass is 192 g/mol. The summed E-state index contributed by atoms with van der Waals surface area (Å²) in [6.07, 6.45) is 5.35. The first-order valence-corrected chi connectivity index (χ1v) is 4.50. The third kappa shape index (κ3) is 1.73. The normalized spacial score (nSPS) is 10.4. The summed E-state index contributed by atoms with van der Waals surface area (Å²) in [5.41, 5.74) is 1.11. The number of aromatic amines is 1. The van der Waals surface area contributed by atoms with Crippen LogP contribution in [-0.2, 0) is 13.1 Å². The molecule has 0 amide bonds. The van der Waals surface area contributed by atoms with Crippen LogP contribution in [0.3, 0.4) is 0 Å². The average molecular weight is 192 g/mol. The van der Waals surface area contributed by atoms with Gasteiger partial charge in [0.05, 0.1) is 12.4 Å². The highest BCUT2D eigenvalue weighted by Crippen LogP contribution is 2.05. The predicted molar refractivity (Wildman–Crippen MR) is 51.6 cm³/mol. The van der Waals surface area contributed by atoms with Crippen LogP contribution in [0.5, 0.6) is 0 Å². The maximum Gasteiger partial charge on any atom is 0.145 e. The Hall–Kier alpha value is -1.85. The SMILES string of the molecule is CCn1nncc1NCc1cn[nH]c1. The zero-order valence-corrected chi connectivity index (χ0v) is 7.94. The van der Waals surface area contributed by atoms with Gasteiger partial charge < -0.3 is 5.32 Å². The molecule has 2 heterocycles. The van der Waals surface area contributed by atoms with Gasteiger partial charge in [0.25, 0.3) is 0 Å². The fraction of sp³-hybridized carbons (Fsp3) is 0.375. The smallest absolute Gasteiger partial charge is 0.145 e. The van der Waals surface area contributed by atoms with E-state index in [-0.39, 0.29) is 0 Å². The second kappa shape index (κ2) is 3.91. The number of anilines is 1. The summed E-state index contributed by atoms with van der Waals surface area (Å²) in [7, 11) is 0. The van der Waals surface area contributed by atoms with Gasteiger partial charge in [-0.15, -0.1) is 5.10 Å². The van der Waals surface area contributed by atoms with Crippen molar-refractivity contribution in [2.45, 2.75) is 20.0 Å². The molecule has 0 aliphatic rings. The molecule has 14 heavy (non-hydrogen) atoms. The lowest BCUT2D eigenvalue weighted by atomic mass is 10.3.